The van der Waals surface area contributed by atoms with Gasteiger partial charge in [-0.1, -0.05) is 32.8 Å². The fourth-order valence-electron chi connectivity index (χ4n) is 2.46. The van der Waals surface area contributed by atoms with Crippen molar-refractivity contribution in [1.29, 1.82) is 0 Å². The second kappa shape index (κ2) is 8.85. The van der Waals surface area contributed by atoms with Crippen LogP contribution < -0.4 is 9.64 Å². The van der Waals surface area contributed by atoms with Crippen LogP contribution in [0, 0.1) is 0 Å². The van der Waals surface area contributed by atoms with Gasteiger partial charge in [-0.2, -0.15) is 0 Å². The van der Waals surface area contributed by atoms with Gasteiger partial charge in [-0.3, -0.25) is 0 Å². The molecule has 0 bridgehead atoms. The van der Waals surface area contributed by atoms with E-state index in [2.05, 4.69) is 24.8 Å². The molecule has 1 aromatic carbocycles. The topological polar surface area (TPSA) is 32.7 Å². The molecule has 0 radical (unpaired) electrons. The largest absolute Gasteiger partial charge is 0.496 e. The lowest BCUT2D eigenvalue weighted by Gasteiger charge is -2.29. The van der Waals surface area contributed by atoms with E-state index in [0.29, 0.717) is 0 Å². The minimum absolute atomic E-state index is 0.521. The van der Waals surface area contributed by atoms with Crippen LogP contribution in [0.25, 0.3) is 0 Å². The quantitative estimate of drug-likeness (QED) is 0.737. The molecule has 1 N–H and O–H groups in total. The Balaban J connectivity index is 3.09. The smallest absolute Gasteiger partial charge is 0.126 e. The first-order valence-corrected chi connectivity index (χ1v) is 7.75. The summed E-state index contributed by atoms with van der Waals surface area (Å²) in [5.41, 5.74) is 2.02. The summed E-state index contributed by atoms with van der Waals surface area (Å²) in [5, 5.41) is 10.1. The van der Waals surface area contributed by atoms with Gasteiger partial charge in [0.15, 0.2) is 0 Å². The minimum Gasteiger partial charge on any atom is -0.496 e. The van der Waals surface area contributed by atoms with Crippen LogP contribution in [0.4, 0.5) is 5.69 Å². The van der Waals surface area contributed by atoms with E-state index in [0.717, 1.165) is 30.1 Å². The van der Waals surface area contributed by atoms with Crippen LogP contribution in [0.15, 0.2) is 18.2 Å². The van der Waals surface area contributed by atoms with Crippen LogP contribution in [-0.2, 0) is 0 Å². The molecule has 0 unspecified atom stereocenters. The van der Waals surface area contributed by atoms with E-state index in [1.807, 2.05) is 12.1 Å². The highest BCUT2D eigenvalue weighted by atomic mass is 16.5. The first-order chi connectivity index (χ1) is 9.65. The lowest BCUT2D eigenvalue weighted by atomic mass is 10.0. The first-order valence-electron chi connectivity index (χ1n) is 7.75. The Morgan fingerprint density at radius 3 is 2.20 bits per heavy atom. The summed E-state index contributed by atoms with van der Waals surface area (Å²) >= 11 is 0. The molecular weight excluding hydrogens is 250 g/mol. The van der Waals surface area contributed by atoms with E-state index in [-0.39, 0.29) is 0 Å². The number of unbranched alkanes of at least 4 members (excludes halogenated alkanes) is 2. The second-order valence-corrected chi connectivity index (χ2v) is 5.26. The fraction of sp³-hybridized carbons (Fsp3) is 0.647. The van der Waals surface area contributed by atoms with Gasteiger partial charge in [-0.25, -0.2) is 0 Å². The number of rotatable bonds is 9. The molecule has 0 aliphatic heterocycles. The second-order valence-electron chi connectivity index (χ2n) is 5.26. The molecule has 0 amide bonds. The van der Waals surface area contributed by atoms with Crippen molar-refractivity contribution in [1.82, 2.24) is 0 Å². The number of ether oxygens (including phenoxy) is 1. The maximum Gasteiger partial charge on any atom is 0.126 e. The minimum atomic E-state index is -0.521. The van der Waals surface area contributed by atoms with Crippen molar-refractivity contribution in [2.75, 3.05) is 25.1 Å². The molecule has 0 saturated heterocycles. The SMILES string of the molecule is CCCCN(CCCC)c1cccc(OC)c1[C@H](C)O. The maximum absolute atomic E-state index is 10.1. The third kappa shape index (κ3) is 4.41. The molecule has 1 atom stereocenters. The maximum atomic E-state index is 10.1. The van der Waals surface area contributed by atoms with Gasteiger partial charge in [-0.15, -0.1) is 0 Å². The van der Waals surface area contributed by atoms with Gasteiger partial charge >= 0.3 is 0 Å². The van der Waals surface area contributed by atoms with E-state index in [9.17, 15) is 5.11 Å². The van der Waals surface area contributed by atoms with Crippen molar-refractivity contribution in [2.24, 2.45) is 0 Å². The summed E-state index contributed by atoms with van der Waals surface area (Å²) in [6.45, 7) is 8.28. The zero-order chi connectivity index (χ0) is 15.0. The molecule has 0 aliphatic rings. The Labute approximate surface area is 123 Å². The highest BCUT2D eigenvalue weighted by molar-refractivity contribution is 5.60. The van der Waals surface area contributed by atoms with Gasteiger partial charge in [0, 0.05) is 24.3 Å². The zero-order valence-corrected chi connectivity index (χ0v) is 13.4. The van der Waals surface area contributed by atoms with E-state index < -0.39 is 6.10 Å². The van der Waals surface area contributed by atoms with Crippen LogP contribution in [0.1, 0.15) is 58.1 Å². The van der Waals surface area contributed by atoms with Crippen LogP contribution in [0.5, 0.6) is 5.75 Å². The number of methoxy groups -OCH3 is 1. The lowest BCUT2D eigenvalue weighted by Crippen LogP contribution is -2.27. The fourth-order valence-corrected chi connectivity index (χ4v) is 2.46. The molecule has 1 aromatic rings. The molecule has 0 aromatic heterocycles. The predicted octanol–water partition coefficient (Wildman–Crippen LogP) is 4.16. The number of nitrogens with zero attached hydrogens (tertiary/aromatic N) is 1. The molecule has 0 fully saturated rings. The van der Waals surface area contributed by atoms with Crippen molar-refractivity contribution in [3.63, 3.8) is 0 Å². The first kappa shape index (κ1) is 16.8. The van der Waals surface area contributed by atoms with Gasteiger partial charge in [0.1, 0.15) is 5.75 Å². The summed E-state index contributed by atoms with van der Waals surface area (Å²) < 4.78 is 5.42. The molecule has 3 nitrogen and oxygen atoms in total. The molecule has 0 aliphatic carbocycles. The third-order valence-corrected chi connectivity index (χ3v) is 3.58. The monoisotopic (exact) mass is 279 g/mol. The highest BCUT2D eigenvalue weighted by Gasteiger charge is 2.18. The van der Waals surface area contributed by atoms with Crippen molar-refractivity contribution in [2.45, 2.75) is 52.6 Å². The van der Waals surface area contributed by atoms with E-state index in [4.69, 9.17) is 4.74 Å². The van der Waals surface area contributed by atoms with E-state index in [1.165, 1.54) is 25.7 Å². The standard InChI is InChI=1S/C17H29NO2/c1-5-7-12-18(13-8-6-2)15-10-9-11-16(20-4)17(15)14(3)19/h9-11,14,19H,5-8,12-13H2,1-4H3/t14-/m0/s1. The molecule has 0 spiro atoms. The number of hydrogen-bond donors (Lipinski definition) is 1. The van der Waals surface area contributed by atoms with Gasteiger partial charge in [0.2, 0.25) is 0 Å². The molecule has 20 heavy (non-hydrogen) atoms. The Kier molecular flexibility index (Phi) is 7.45. The van der Waals surface area contributed by atoms with Gasteiger partial charge < -0.3 is 14.7 Å². The molecule has 1 rings (SSSR count). The highest BCUT2D eigenvalue weighted by Crippen LogP contribution is 2.34. The van der Waals surface area contributed by atoms with Crippen molar-refractivity contribution >= 4 is 5.69 Å². The molecule has 0 heterocycles. The number of aliphatic hydroxyl groups excluding tert-OH is 1. The molecule has 0 saturated carbocycles. The lowest BCUT2D eigenvalue weighted by molar-refractivity contribution is 0.194. The Morgan fingerprint density at radius 2 is 1.75 bits per heavy atom. The van der Waals surface area contributed by atoms with Gasteiger partial charge in [0.05, 0.1) is 13.2 Å². The average Bonchev–Trinajstić information content (AvgIpc) is 2.46. The molecular formula is C17H29NO2. The van der Waals surface area contributed by atoms with Gasteiger partial charge in [-0.05, 0) is 31.9 Å². The summed E-state index contributed by atoms with van der Waals surface area (Å²) in [6.07, 6.45) is 4.17. The van der Waals surface area contributed by atoms with Crippen molar-refractivity contribution in [3.05, 3.63) is 23.8 Å². The zero-order valence-electron chi connectivity index (χ0n) is 13.4. The van der Waals surface area contributed by atoms with Crippen LogP contribution in [0.3, 0.4) is 0 Å². The van der Waals surface area contributed by atoms with Crippen LogP contribution in [-0.4, -0.2) is 25.3 Å². The summed E-state index contributed by atoms with van der Waals surface area (Å²) in [7, 11) is 1.66. The average molecular weight is 279 g/mol. The van der Waals surface area contributed by atoms with Crippen molar-refractivity contribution < 1.29 is 9.84 Å². The number of aliphatic hydroxyl groups is 1. The Bertz CT molecular complexity index is 383. The Hall–Kier alpha value is -1.22. The summed E-state index contributed by atoms with van der Waals surface area (Å²) in [5.74, 6) is 0.774. The predicted molar refractivity (Wildman–Crippen MR) is 85.7 cm³/mol. The third-order valence-electron chi connectivity index (χ3n) is 3.58. The van der Waals surface area contributed by atoms with E-state index in [1.54, 1.807) is 14.0 Å². The van der Waals surface area contributed by atoms with Crippen LogP contribution in [0.2, 0.25) is 0 Å². The summed E-state index contributed by atoms with van der Waals surface area (Å²) in [4.78, 5) is 2.39. The number of anilines is 1. The number of benzene rings is 1. The number of hydrogen-bond acceptors (Lipinski definition) is 3. The van der Waals surface area contributed by atoms with Gasteiger partial charge in [0.25, 0.3) is 0 Å². The van der Waals surface area contributed by atoms with Crippen molar-refractivity contribution in [3.8, 4) is 5.75 Å². The van der Waals surface area contributed by atoms with E-state index >= 15 is 0 Å². The Morgan fingerprint density at radius 1 is 1.15 bits per heavy atom. The summed E-state index contributed by atoms with van der Waals surface area (Å²) in [6, 6.07) is 6.02. The molecule has 114 valence electrons. The molecule has 3 heteroatoms. The normalized spacial score (nSPS) is 12.2. The van der Waals surface area contributed by atoms with Crippen LogP contribution >= 0.6 is 0 Å².